The van der Waals surface area contributed by atoms with Crippen LogP contribution in [-0.2, 0) is 4.74 Å². The number of hydrogen-bond acceptors (Lipinski definition) is 2. The minimum Gasteiger partial charge on any atom is -0.501 e. The van der Waals surface area contributed by atoms with Crippen LogP contribution in [0, 0.1) is 18.3 Å². The quantitative estimate of drug-likeness (QED) is 0.681. The fraction of sp³-hybridized carbons (Fsp3) is 0.250. The molecule has 72 valence electrons. The predicted molar refractivity (Wildman–Crippen MR) is 56.6 cm³/mol. The summed E-state index contributed by atoms with van der Waals surface area (Å²) in [6.07, 6.45) is 3.51. The number of aryl methyl sites for hydroxylation is 1. The molecule has 2 nitrogen and oxygen atoms in total. The summed E-state index contributed by atoms with van der Waals surface area (Å²) in [6.45, 7) is 4.56. The molecule has 0 aliphatic carbocycles. The van der Waals surface area contributed by atoms with Crippen molar-refractivity contribution >= 4 is 6.08 Å². The van der Waals surface area contributed by atoms with Crippen LogP contribution >= 0.6 is 0 Å². The summed E-state index contributed by atoms with van der Waals surface area (Å²) in [5, 5.41) is 8.75. The van der Waals surface area contributed by atoms with Crippen LogP contribution in [0.3, 0.4) is 0 Å². The molecule has 1 rings (SSSR count). The molecular weight excluding hydrogens is 174 g/mol. The molecule has 0 unspecified atom stereocenters. The summed E-state index contributed by atoms with van der Waals surface area (Å²) < 4.78 is 5.09. The van der Waals surface area contributed by atoms with E-state index in [1.54, 1.807) is 6.26 Å². The van der Waals surface area contributed by atoms with Crippen molar-refractivity contribution in [2.45, 2.75) is 13.8 Å². The molecule has 0 saturated carbocycles. The number of rotatable bonds is 3. The van der Waals surface area contributed by atoms with Crippen molar-refractivity contribution in [3.05, 3.63) is 41.2 Å². The van der Waals surface area contributed by atoms with Crippen LogP contribution in [0.5, 0.6) is 0 Å². The first-order chi connectivity index (χ1) is 6.76. The van der Waals surface area contributed by atoms with E-state index in [0.29, 0.717) is 12.2 Å². The highest BCUT2D eigenvalue weighted by molar-refractivity contribution is 5.53. The van der Waals surface area contributed by atoms with Gasteiger partial charge in [-0.15, -0.1) is 0 Å². The lowest BCUT2D eigenvalue weighted by atomic mass is 10.1. The van der Waals surface area contributed by atoms with Crippen molar-refractivity contribution < 1.29 is 4.74 Å². The van der Waals surface area contributed by atoms with E-state index in [1.165, 1.54) is 0 Å². The third-order valence-electron chi connectivity index (χ3n) is 1.75. The van der Waals surface area contributed by atoms with Crippen molar-refractivity contribution in [3.8, 4) is 6.07 Å². The van der Waals surface area contributed by atoms with Crippen molar-refractivity contribution in [2.24, 2.45) is 0 Å². The van der Waals surface area contributed by atoms with Crippen LogP contribution < -0.4 is 0 Å². The van der Waals surface area contributed by atoms with Gasteiger partial charge in [-0.1, -0.05) is 6.07 Å². The Kier molecular flexibility index (Phi) is 3.75. The Hall–Kier alpha value is -1.75. The summed E-state index contributed by atoms with van der Waals surface area (Å²) in [7, 11) is 0. The van der Waals surface area contributed by atoms with Crippen LogP contribution in [0.2, 0.25) is 0 Å². The van der Waals surface area contributed by atoms with Crippen molar-refractivity contribution in [3.63, 3.8) is 0 Å². The lowest BCUT2D eigenvalue weighted by molar-refractivity contribution is 0.272. The van der Waals surface area contributed by atoms with Gasteiger partial charge in [0, 0.05) is 0 Å². The molecule has 2 heteroatoms. The van der Waals surface area contributed by atoms with E-state index < -0.39 is 0 Å². The zero-order valence-corrected chi connectivity index (χ0v) is 8.45. The van der Waals surface area contributed by atoms with Gasteiger partial charge in [0.1, 0.15) is 0 Å². The fourth-order valence-electron chi connectivity index (χ4n) is 1.20. The van der Waals surface area contributed by atoms with Crippen molar-refractivity contribution in [1.29, 1.82) is 5.26 Å². The molecular formula is C12H13NO. The summed E-state index contributed by atoms with van der Waals surface area (Å²) >= 11 is 0. The molecule has 0 heterocycles. The molecule has 0 radical (unpaired) electrons. The molecule has 0 aliphatic heterocycles. The first-order valence-corrected chi connectivity index (χ1v) is 4.56. The van der Waals surface area contributed by atoms with Gasteiger partial charge in [-0.3, -0.25) is 0 Å². The highest BCUT2D eigenvalue weighted by Gasteiger charge is 1.94. The maximum Gasteiger partial charge on any atom is 0.0991 e. The Labute approximate surface area is 84.4 Å². The molecule has 0 spiro atoms. The van der Waals surface area contributed by atoms with Gasteiger partial charge in [-0.2, -0.15) is 5.26 Å². The largest absolute Gasteiger partial charge is 0.501 e. The van der Waals surface area contributed by atoms with Gasteiger partial charge in [0.15, 0.2) is 0 Å². The Balaban J connectivity index is 2.88. The molecule has 0 aliphatic rings. The van der Waals surface area contributed by atoms with E-state index in [0.717, 1.165) is 11.1 Å². The molecule has 1 aromatic rings. The normalized spacial score (nSPS) is 10.1. The van der Waals surface area contributed by atoms with Crippen LogP contribution in [0.25, 0.3) is 6.08 Å². The second-order valence-corrected chi connectivity index (χ2v) is 3.00. The van der Waals surface area contributed by atoms with Crippen LogP contribution in [0.1, 0.15) is 23.6 Å². The van der Waals surface area contributed by atoms with E-state index in [-0.39, 0.29) is 0 Å². The number of nitriles is 1. The number of hydrogen-bond donors (Lipinski definition) is 0. The number of ether oxygens (including phenoxy) is 1. The van der Waals surface area contributed by atoms with Gasteiger partial charge < -0.3 is 4.74 Å². The minimum atomic E-state index is 0.660. The third-order valence-corrected chi connectivity index (χ3v) is 1.75. The van der Waals surface area contributed by atoms with Gasteiger partial charge in [0.25, 0.3) is 0 Å². The highest BCUT2D eigenvalue weighted by Crippen LogP contribution is 2.10. The summed E-state index contributed by atoms with van der Waals surface area (Å²) in [5.41, 5.74) is 2.76. The Bertz CT molecular complexity index is 374. The molecule has 0 atom stereocenters. The molecule has 0 saturated heterocycles. The van der Waals surface area contributed by atoms with E-state index in [1.807, 2.05) is 38.1 Å². The molecule has 14 heavy (non-hydrogen) atoms. The second kappa shape index (κ2) is 5.08. The minimum absolute atomic E-state index is 0.660. The number of benzene rings is 1. The monoisotopic (exact) mass is 187 g/mol. The summed E-state index contributed by atoms with van der Waals surface area (Å²) in [5.74, 6) is 0. The smallest absolute Gasteiger partial charge is 0.0991 e. The maximum absolute atomic E-state index is 8.75. The topological polar surface area (TPSA) is 33.0 Å². The highest BCUT2D eigenvalue weighted by atomic mass is 16.5. The van der Waals surface area contributed by atoms with Gasteiger partial charge >= 0.3 is 0 Å². The molecule has 0 amide bonds. The zero-order chi connectivity index (χ0) is 10.4. The standard InChI is InChI=1S/C12H13NO/c1-3-14-5-4-11-6-10(2)7-12(8-11)9-13/h4-8H,3H2,1-2H3/b5-4+. The Morgan fingerprint density at radius 2 is 2.21 bits per heavy atom. The Morgan fingerprint density at radius 3 is 2.86 bits per heavy atom. The molecule has 0 bridgehead atoms. The average molecular weight is 187 g/mol. The lowest BCUT2D eigenvalue weighted by Crippen LogP contribution is -1.82. The maximum atomic E-state index is 8.75. The van der Waals surface area contributed by atoms with Crippen molar-refractivity contribution in [1.82, 2.24) is 0 Å². The predicted octanol–water partition coefficient (Wildman–Crippen LogP) is 2.87. The van der Waals surface area contributed by atoms with E-state index in [9.17, 15) is 0 Å². The zero-order valence-electron chi connectivity index (χ0n) is 8.45. The van der Waals surface area contributed by atoms with Gasteiger partial charge in [0.2, 0.25) is 0 Å². The van der Waals surface area contributed by atoms with E-state index >= 15 is 0 Å². The SMILES string of the molecule is CCO/C=C/c1cc(C)cc(C#N)c1. The first-order valence-electron chi connectivity index (χ1n) is 4.56. The third kappa shape index (κ3) is 2.95. The van der Waals surface area contributed by atoms with E-state index in [2.05, 4.69) is 6.07 Å². The lowest BCUT2D eigenvalue weighted by Gasteiger charge is -1.98. The van der Waals surface area contributed by atoms with Crippen LogP contribution in [0.15, 0.2) is 24.5 Å². The first kappa shape index (κ1) is 10.3. The van der Waals surface area contributed by atoms with E-state index in [4.69, 9.17) is 10.00 Å². The summed E-state index contributed by atoms with van der Waals surface area (Å²) in [4.78, 5) is 0. The second-order valence-electron chi connectivity index (χ2n) is 3.00. The van der Waals surface area contributed by atoms with Gasteiger partial charge in [0.05, 0.1) is 24.5 Å². The molecule has 0 N–H and O–H groups in total. The van der Waals surface area contributed by atoms with Crippen molar-refractivity contribution in [2.75, 3.05) is 6.61 Å². The average Bonchev–Trinajstić information content (AvgIpc) is 2.17. The van der Waals surface area contributed by atoms with Crippen LogP contribution in [0.4, 0.5) is 0 Å². The number of nitrogens with zero attached hydrogens (tertiary/aromatic N) is 1. The molecule has 1 aromatic carbocycles. The Morgan fingerprint density at radius 1 is 1.43 bits per heavy atom. The fourth-order valence-corrected chi connectivity index (χ4v) is 1.20. The van der Waals surface area contributed by atoms with Gasteiger partial charge in [-0.25, -0.2) is 0 Å². The molecule has 0 aromatic heterocycles. The summed E-state index contributed by atoms with van der Waals surface area (Å²) in [6, 6.07) is 7.83. The van der Waals surface area contributed by atoms with Crippen LogP contribution in [-0.4, -0.2) is 6.61 Å². The molecule has 0 fully saturated rings. The van der Waals surface area contributed by atoms with Gasteiger partial charge in [-0.05, 0) is 43.2 Å².